The molecule has 1 aliphatic carbocycles. The van der Waals surface area contributed by atoms with Gasteiger partial charge >= 0.3 is 0 Å². The maximum Gasteiger partial charge on any atom is 0.0607 e. The van der Waals surface area contributed by atoms with E-state index in [0.717, 1.165) is 184 Å². The molecule has 1 heterocycles. The van der Waals surface area contributed by atoms with Crippen LogP contribution in [0, 0.1) is 6.07 Å². The van der Waals surface area contributed by atoms with Gasteiger partial charge in [0.25, 0.3) is 0 Å². The molecule has 2 heteroatoms. The fourth-order valence-corrected chi connectivity index (χ4v) is 20.8. The average Bonchev–Trinajstić information content (AvgIpc) is 1.68. The summed E-state index contributed by atoms with van der Waals surface area (Å²) < 4.78 is 0. The topological polar surface area (TPSA) is 12.9 Å². The predicted molar refractivity (Wildman–Crippen MR) is 622 cm³/mol. The first-order valence-electron chi connectivity index (χ1n) is 51.8. The van der Waals surface area contributed by atoms with Crippen LogP contribution in [0.2, 0.25) is 0 Å². The first-order chi connectivity index (χ1) is 68.3. The van der Waals surface area contributed by atoms with Crippen molar-refractivity contribution in [2.24, 2.45) is 0 Å². The maximum absolute atomic E-state index is 5.59. The van der Waals surface area contributed by atoms with Gasteiger partial charge in [-0.3, -0.25) is 4.98 Å². The van der Waals surface area contributed by atoms with Gasteiger partial charge in [-0.05, 0) is 411 Å². The third-order valence-electron chi connectivity index (χ3n) is 30.0. The van der Waals surface area contributed by atoms with Gasteiger partial charge in [-0.25, -0.2) is 0 Å². The number of rotatable bonds is 16. The number of benzene rings is 18. The monoisotopic (exact) mass is 2060 g/mol. The van der Waals surface area contributed by atoms with Crippen molar-refractivity contribution in [3.05, 3.63) is 439 Å². The maximum atomic E-state index is 5.59. The fraction of sp³-hybridized carbons (Fsp3) is 0.224. The first-order valence-corrected chi connectivity index (χ1v) is 51.8. The van der Waals surface area contributed by atoms with Gasteiger partial charge in [0.05, 0.1) is 5.52 Å². The van der Waals surface area contributed by atoms with Crippen molar-refractivity contribution in [2.45, 2.75) is 209 Å². The van der Waals surface area contributed by atoms with Crippen molar-refractivity contribution >= 4 is 10.9 Å². The van der Waals surface area contributed by atoms with Crippen molar-refractivity contribution in [3.63, 3.8) is 0 Å². The summed E-state index contributed by atoms with van der Waals surface area (Å²) in [6, 6.07) is 155. The molecule has 0 bridgehead atoms. The van der Waals surface area contributed by atoms with E-state index < -0.39 is 0 Å². The second-order valence-corrected chi connectivity index (χ2v) is 49.0. The van der Waals surface area contributed by atoms with Crippen molar-refractivity contribution in [2.75, 3.05) is 0 Å². The van der Waals surface area contributed by atoms with Crippen LogP contribution in [0.5, 0.6) is 0 Å². The molecule has 19 aromatic rings. The molecule has 1 radical (unpaired) electrons. The quantitative estimate of drug-likeness (QED) is 0.0879. The van der Waals surface area contributed by atoms with Crippen LogP contribution >= 0.6 is 0 Å². The number of fused-ring (bicyclic) bond motifs is 3. The Kier molecular flexibility index (Phi) is 26.3. The Balaban J connectivity index is 0.0000133. The van der Waals surface area contributed by atoms with E-state index >= 15 is 0 Å². The molecule has 0 fully saturated rings. The summed E-state index contributed by atoms with van der Waals surface area (Å²) in [5.74, 6) is 0. The number of hydrogen-bond acceptors (Lipinski definition) is 1. The van der Waals surface area contributed by atoms with E-state index in [-0.39, 0.29) is 63.4 Å². The van der Waals surface area contributed by atoms with Gasteiger partial charge in [-0.15, -0.1) is 35.4 Å². The van der Waals surface area contributed by atoms with Crippen LogP contribution < -0.4 is 0 Å². The normalized spacial score (nSPS) is 12.5. The summed E-state index contributed by atoms with van der Waals surface area (Å²) in [6.45, 7) is 55.3. The molecule has 723 valence electrons. The third kappa shape index (κ3) is 21.2. The van der Waals surface area contributed by atoms with Crippen molar-refractivity contribution < 1.29 is 20.1 Å². The van der Waals surface area contributed by atoms with Gasteiger partial charge in [0.15, 0.2) is 0 Å². The third-order valence-corrected chi connectivity index (χ3v) is 30.0. The van der Waals surface area contributed by atoms with Gasteiger partial charge in [0.2, 0.25) is 0 Å². The van der Waals surface area contributed by atoms with Crippen molar-refractivity contribution in [3.8, 4) is 200 Å². The molecule has 0 saturated carbocycles. The number of pyridine rings is 1. The van der Waals surface area contributed by atoms with Gasteiger partial charge in [0, 0.05) is 25.5 Å². The predicted octanol–water partition coefficient (Wildman–Crippen LogP) is 40.7. The standard InChI is InChI=1S/C143H136N.Ir/c1-136(2,3)121-51-35-90(36-52-121)100-68-101(91-37-53-122(54-38-91)137(4,5)6)73-109(72-100)115-83-116(110-74-102(92-39-55-123(56-40-92)138(7,8)9)69-103(75-110)93-41-57-124(58-42-93)139(10,11)12)86-119(85-115)113-80-108(98-29-27-30-99(67-98)134-89-132-130-32-26-25-31-129(130)131-33-28-34-133(144-134)135(131)132)81-114(82-113)120-87-117(111-76-104(94-43-59-125(60-44-94)140(13,14)15)70-105(77-111)95-45-61-126(62-46-95)141(16,17)18)84-118(88-120)112-78-106(96-47-63-127(64-48-96)142(19,20)21)71-107(79-112)97-49-65-128(66-50-97)143(22,23)24;/h25-29,31-89H,1-24H3;/q-1;. The average molecular weight is 2060 g/mol. The Morgan fingerprint density at radius 1 is 0.152 bits per heavy atom. The molecular formula is C143H136IrN-. The Hall–Kier alpha value is -14.0. The Bertz CT molecular complexity index is 7050. The Morgan fingerprint density at radius 2 is 0.324 bits per heavy atom. The van der Waals surface area contributed by atoms with E-state index in [1.54, 1.807) is 0 Å². The van der Waals surface area contributed by atoms with E-state index in [4.69, 9.17) is 4.98 Å². The van der Waals surface area contributed by atoms with E-state index in [2.05, 4.69) is 560 Å². The summed E-state index contributed by atoms with van der Waals surface area (Å²) >= 11 is 0. The van der Waals surface area contributed by atoms with Gasteiger partial charge in [0.1, 0.15) is 0 Å². The number of hydrogen-bond donors (Lipinski definition) is 0. The zero-order valence-electron chi connectivity index (χ0n) is 89.2. The SMILES string of the molecule is CC(C)(C)c1ccc(-c2cc(-c3ccc(C(C)(C)C)cc3)cc(-c3cc(-c4cc(-c5ccc(C(C)(C)C)cc5)cc(-c5ccc(C(C)(C)C)cc5)c4)cc(-c4cc(-c5cc[c-]c(-c6cc7c8c(cccc8n6)-c6ccccc6-7)c5)cc(-c5cc(-c6cc(-c7ccc(C(C)(C)C)cc7)cc(-c7ccc(C(C)(C)C)cc7)c6)cc(-c6cc(-c7ccc(C(C)(C)C)cc7)cc(-c7ccc(C(C)(C)C)cc7)c6)c5)c4)c3)c2)cc1.[Ir]. The summed E-state index contributed by atoms with van der Waals surface area (Å²) in [6.07, 6.45) is 0. The Labute approximate surface area is 877 Å². The van der Waals surface area contributed by atoms with E-state index in [1.165, 1.54) is 72.1 Å². The minimum Gasteiger partial charge on any atom is -0.296 e. The van der Waals surface area contributed by atoms with Crippen LogP contribution in [0.3, 0.4) is 0 Å². The molecule has 0 unspecified atom stereocenters. The molecule has 1 aliphatic rings. The zero-order chi connectivity index (χ0) is 101. The van der Waals surface area contributed by atoms with E-state index in [0.29, 0.717) is 0 Å². The van der Waals surface area contributed by atoms with Crippen LogP contribution in [-0.4, -0.2) is 4.98 Å². The minimum atomic E-state index is -0.0307. The smallest absolute Gasteiger partial charge is 0.0607 e. The minimum absolute atomic E-state index is 0. The molecule has 0 N–H and O–H groups in total. The van der Waals surface area contributed by atoms with Crippen LogP contribution in [0.15, 0.2) is 388 Å². The molecule has 0 spiro atoms. The van der Waals surface area contributed by atoms with E-state index in [9.17, 15) is 0 Å². The molecule has 0 saturated heterocycles. The molecule has 1 aromatic heterocycles. The van der Waals surface area contributed by atoms with Crippen LogP contribution in [0.25, 0.3) is 211 Å². The molecule has 1 nitrogen and oxygen atoms in total. The second kappa shape index (κ2) is 38.2. The first kappa shape index (κ1) is 99.7. The van der Waals surface area contributed by atoms with E-state index in [1.807, 2.05) is 0 Å². The van der Waals surface area contributed by atoms with Crippen LogP contribution in [-0.2, 0) is 63.4 Å². The Morgan fingerprint density at radius 3 is 0.517 bits per heavy atom. The summed E-state index contributed by atoms with van der Waals surface area (Å²) in [5, 5.41) is 1.19. The number of aromatic nitrogens is 1. The summed E-state index contributed by atoms with van der Waals surface area (Å²) in [7, 11) is 0. The van der Waals surface area contributed by atoms with Crippen LogP contribution in [0.4, 0.5) is 0 Å². The molecule has 18 aromatic carbocycles. The second-order valence-electron chi connectivity index (χ2n) is 49.0. The van der Waals surface area contributed by atoms with Crippen LogP contribution in [0.1, 0.15) is 211 Å². The van der Waals surface area contributed by atoms with Gasteiger partial charge in [-0.1, -0.05) is 403 Å². The van der Waals surface area contributed by atoms with Gasteiger partial charge < -0.3 is 0 Å². The number of nitrogens with zero attached hydrogens (tertiary/aromatic N) is 1. The van der Waals surface area contributed by atoms with Gasteiger partial charge in [-0.2, -0.15) is 0 Å². The molecule has 145 heavy (non-hydrogen) atoms. The summed E-state index contributed by atoms with van der Waals surface area (Å²) in [5.41, 5.74) is 51.5. The zero-order valence-corrected chi connectivity index (χ0v) is 91.6. The largest absolute Gasteiger partial charge is 0.296 e. The molecular weight excluding hydrogens is 1920 g/mol. The van der Waals surface area contributed by atoms with Crippen molar-refractivity contribution in [1.29, 1.82) is 0 Å². The molecule has 0 aliphatic heterocycles. The van der Waals surface area contributed by atoms with Crippen molar-refractivity contribution in [1.82, 2.24) is 4.98 Å². The molecule has 20 rings (SSSR count). The summed E-state index contributed by atoms with van der Waals surface area (Å²) in [4.78, 5) is 5.59. The molecule has 0 atom stereocenters. The fourth-order valence-electron chi connectivity index (χ4n) is 20.8. The molecule has 0 amide bonds.